The van der Waals surface area contributed by atoms with Crippen molar-refractivity contribution in [3.63, 3.8) is 0 Å². The van der Waals surface area contributed by atoms with Gasteiger partial charge in [-0.25, -0.2) is 4.39 Å². The molecule has 3 rings (SSSR count). The molecule has 0 saturated heterocycles. The van der Waals surface area contributed by atoms with Gasteiger partial charge in [0.25, 0.3) is 5.91 Å². The topological polar surface area (TPSA) is 62.0 Å². The number of fused-ring (bicyclic) bond motifs is 1. The molecule has 25 heavy (non-hydrogen) atoms. The zero-order valence-corrected chi connectivity index (χ0v) is 14.3. The van der Waals surface area contributed by atoms with Crippen LogP contribution in [-0.2, 0) is 5.41 Å². The van der Waals surface area contributed by atoms with Crippen LogP contribution in [0.3, 0.4) is 0 Å². The Morgan fingerprint density at radius 2 is 1.80 bits per heavy atom. The van der Waals surface area contributed by atoms with E-state index in [-0.39, 0.29) is 16.5 Å². The number of rotatable bonds is 2. The third kappa shape index (κ3) is 3.45. The molecule has 0 aliphatic rings. The maximum Gasteiger partial charge on any atom is 0.258 e. The van der Waals surface area contributed by atoms with Gasteiger partial charge >= 0.3 is 0 Å². The molecule has 0 bridgehead atoms. The largest absolute Gasteiger partial charge is 0.322 e. The van der Waals surface area contributed by atoms with Crippen molar-refractivity contribution >= 4 is 22.5 Å². The summed E-state index contributed by atoms with van der Waals surface area (Å²) in [5, 5.41) is 3.58. The van der Waals surface area contributed by atoms with Gasteiger partial charge in [0.15, 0.2) is 0 Å². The van der Waals surface area contributed by atoms with Crippen LogP contribution in [0.25, 0.3) is 10.9 Å². The molecule has 0 atom stereocenters. The van der Waals surface area contributed by atoms with Gasteiger partial charge in [0.1, 0.15) is 5.82 Å². The zero-order chi connectivity index (χ0) is 18.2. The van der Waals surface area contributed by atoms with E-state index in [0.29, 0.717) is 11.2 Å². The minimum atomic E-state index is -0.579. The lowest BCUT2D eigenvalue weighted by Crippen LogP contribution is -2.18. The van der Waals surface area contributed by atoms with E-state index in [0.717, 1.165) is 10.9 Å². The molecule has 0 fully saturated rings. The number of carbonyl (C=O) groups excluding carboxylic acids is 1. The number of H-pyrrole nitrogens is 1. The molecule has 0 spiro atoms. The van der Waals surface area contributed by atoms with Crippen molar-refractivity contribution in [3.05, 3.63) is 75.8 Å². The summed E-state index contributed by atoms with van der Waals surface area (Å²) in [6.45, 7) is 6.11. The van der Waals surface area contributed by atoms with Crippen LogP contribution in [0, 0.1) is 5.82 Å². The lowest BCUT2D eigenvalue weighted by molar-refractivity contribution is 0.102. The number of hydrogen-bond acceptors (Lipinski definition) is 2. The van der Waals surface area contributed by atoms with E-state index in [1.54, 1.807) is 24.3 Å². The number of carbonyl (C=O) groups is 1. The van der Waals surface area contributed by atoms with Gasteiger partial charge in [-0.05, 0) is 35.2 Å². The first-order valence-corrected chi connectivity index (χ1v) is 7.99. The molecule has 1 heterocycles. The highest BCUT2D eigenvalue weighted by Crippen LogP contribution is 2.29. The van der Waals surface area contributed by atoms with Crippen molar-refractivity contribution in [2.75, 3.05) is 5.32 Å². The predicted octanol–water partition coefficient (Wildman–Crippen LogP) is 4.22. The number of hydrogen-bond donors (Lipinski definition) is 2. The number of anilines is 1. The molecule has 5 heteroatoms. The Labute approximate surface area is 144 Å². The number of halogens is 1. The first kappa shape index (κ1) is 16.9. The van der Waals surface area contributed by atoms with E-state index >= 15 is 0 Å². The number of aromatic amines is 1. The van der Waals surface area contributed by atoms with Gasteiger partial charge in [-0.1, -0.05) is 39.0 Å². The van der Waals surface area contributed by atoms with E-state index in [4.69, 9.17) is 0 Å². The Kier molecular flexibility index (Phi) is 4.17. The Morgan fingerprint density at radius 3 is 2.48 bits per heavy atom. The monoisotopic (exact) mass is 338 g/mol. The van der Waals surface area contributed by atoms with E-state index in [1.807, 2.05) is 26.8 Å². The summed E-state index contributed by atoms with van der Waals surface area (Å²) in [6.07, 6.45) is 0. The van der Waals surface area contributed by atoms with Gasteiger partial charge in [-0.3, -0.25) is 9.59 Å². The van der Waals surface area contributed by atoms with Gasteiger partial charge in [-0.2, -0.15) is 0 Å². The minimum absolute atomic E-state index is 0.0282. The van der Waals surface area contributed by atoms with Crippen molar-refractivity contribution in [1.29, 1.82) is 0 Å². The Balaban J connectivity index is 2.01. The van der Waals surface area contributed by atoms with Crippen LogP contribution in [0.5, 0.6) is 0 Å². The van der Waals surface area contributed by atoms with Gasteiger partial charge in [-0.15, -0.1) is 0 Å². The molecule has 1 amide bonds. The molecule has 3 aromatic rings. The van der Waals surface area contributed by atoms with Gasteiger partial charge in [0.05, 0.1) is 11.1 Å². The highest BCUT2D eigenvalue weighted by atomic mass is 19.1. The summed E-state index contributed by atoms with van der Waals surface area (Å²) in [5.74, 6) is -1.11. The summed E-state index contributed by atoms with van der Waals surface area (Å²) in [4.78, 5) is 27.0. The van der Waals surface area contributed by atoms with E-state index in [9.17, 15) is 14.0 Å². The number of benzene rings is 2. The van der Waals surface area contributed by atoms with Gasteiger partial charge in [0.2, 0.25) is 5.56 Å². The van der Waals surface area contributed by atoms with Gasteiger partial charge in [0, 0.05) is 17.1 Å². The third-order valence-corrected chi connectivity index (χ3v) is 4.03. The standard InChI is InChI=1S/C20H19FN2O2/c1-20(2,3)15-11-18(24)23-17-10-12(8-9-13(15)17)22-19(25)14-6-4-5-7-16(14)21/h4-11H,1-3H3,(H,22,25)(H,23,24). The number of nitrogens with one attached hydrogen (secondary N) is 2. The van der Waals surface area contributed by atoms with Crippen LogP contribution in [0.1, 0.15) is 36.7 Å². The number of pyridine rings is 1. The molecule has 2 N–H and O–H groups in total. The summed E-state index contributed by atoms with van der Waals surface area (Å²) in [7, 11) is 0. The molecule has 0 radical (unpaired) electrons. The lowest BCUT2D eigenvalue weighted by Gasteiger charge is -2.21. The molecular formula is C20H19FN2O2. The molecule has 128 valence electrons. The summed E-state index contributed by atoms with van der Waals surface area (Å²) >= 11 is 0. The average Bonchev–Trinajstić information content (AvgIpc) is 2.53. The third-order valence-electron chi connectivity index (χ3n) is 4.03. The zero-order valence-electron chi connectivity index (χ0n) is 14.3. The smallest absolute Gasteiger partial charge is 0.258 e. The molecule has 0 saturated carbocycles. The van der Waals surface area contributed by atoms with Crippen LogP contribution in [-0.4, -0.2) is 10.9 Å². The van der Waals surface area contributed by atoms with E-state index < -0.39 is 11.7 Å². The van der Waals surface area contributed by atoms with Crippen molar-refractivity contribution in [1.82, 2.24) is 4.98 Å². The van der Waals surface area contributed by atoms with Crippen LogP contribution in [0.4, 0.5) is 10.1 Å². The summed E-state index contributed by atoms with van der Waals surface area (Å²) in [6, 6.07) is 12.7. The van der Waals surface area contributed by atoms with Gasteiger partial charge < -0.3 is 10.3 Å². The fourth-order valence-electron chi connectivity index (χ4n) is 2.80. The molecule has 0 aliphatic heterocycles. The highest BCUT2D eigenvalue weighted by Gasteiger charge is 2.18. The highest BCUT2D eigenvalue weighted by molar-refractivity contribution is 6.05. The fraction of sp³-hybridized carbons (Fsp3) is 0.200. The normalized spacial score (nSPS) is 11.5. The number of aromatic nitrogens is 1. The molecule has 4 nitrogen and oxygen atoms in total. The Bertz CT molecular complexity index is 1020. The predicted molar refractivity (Wildman–Crippen MR) is 97.6 cm³/mol. The van der Waals surface area contributed by atoms with Crippen LogP contribution >= 0.6 is 0 Å². The quantitative estimate of drug-likeness (QED) is 0.735. The van der Waals surface area contributed by atoms with Crippen molar-refractivity contribution in [2.24, 2.45) is 0 Å². The molecular weight excluding hydrogens is 319 g/mol. The van der Waals surface area contributed by atoms with Crippen LogP contribution in [0.15, 0.2) is 53.3 Å². The van der Waals surface area contributed by atoms with Crippen LogP contribution < -0.4 is 10.9 Å². The Hall–Kier alpha value is -2.95. The second kappa shape index (κ2) is 6.16. The lowest BCUT2D eigenvalue weighted by atomic mass is 9.85. The molecule has 0 unspecified atom stereocenters. The van der Waals surface area contributed by atoms with E-state index in [2.05, 4.69) is 10.3 Å². The Morgan fingerprint density at radius 1 is 1.08 bits per heavy atom. The average molecular weight is 338 g/mol. The maximum atomic E-state index is 13.7. The molecule has 0 aliphatic carbocycles. The van der Waals surface area contributed by atoms with Crippen molar-refractivity contribution in [3.8, 4) is 0 Å². The fourth-order valence-corrected chi connectivity index (χ4v) is 2.80. The molecule has 2 aromatic carbocycles. The van der Waals surface area contributed by atoms with Crippen molar-refractivity contribution < 1.29 is 9.18 Å². The van der Waals surface area contributed by atoms with Crippen molar-refractivity contribution in [2.45, 2.75) is 26.2 Å². The van der Waals surface area contributed by atoms with E-state index in [1.165, 1.54) is 18.2 Å². The first-order chi connectivity index (χ1) is 11.8. The maximum absolute atomic E-state index is 13.7. The summed E-state index contributed by atoms with van der Waals surface area (Å²) in [5.41, 5.74) is 1.63. The first-order valence-electron chi connectivity index (χ1n) is 7.99. The van der Waals surface area contributed by atoms with Crippen LogP contribution in [0.2, 0.25) is 0 Å². The number of amides is 1. The minimum Gasteiger partial charge on any atom is -0.322 e. The second-order valence-electron chi connectivity index (χ2n) is 6.99. The summed E-state index contributed by atoms with van der Waals surface area (Å²) < 4.78 is 13.7. The molecule has 1 aromatic heterocycles. The second-order valence-corrected chi connectivity index (χ2v) is 6.99. The SMILES string of the molecule is CC(C)(C)c1cc(=O)[nH]c2cc(NC(=O)c3ccccc3F)ccc12.